The van der Waals surface area contributed by atoms with Crippen molar-refractivity contribution < 1.29 is 9.59 Å². The van der Waals surface area contributed by atoms with Crippen LogP contribution >= 0.6 is 0 Å². The number of likely N-dealkylation sites (tertiary alicyclic amines) is 1. The molecule has 1 aromatic carbocycles. The molecule has 3 heterocycles. The van der Waals surface area contributed by atoms with Gasteiger partial charge in [0.05, 0.1) is 18.2 Å². The maximum absolute atomic E-state index is 13.4. The van der Waals surface area contributed by atoms with E-state index in [1.165, 1.54) is 0 Å². The molecular formula is C24H24N4O2. The summed E-state index contributed by atoms with van der Waals surface area (Å²) in [5.74, 6) is -0.256. The highest BCUT2D eigenvalue weighted by atomic mass is 16.2. The Morgan fingerprint density at radius 3 is 2.63 bits per heavy atom. The van der Waals surface area contributed by atoms with Gasteiger partial charge in [0, 0.05) is 36.3 Å². The van der Waals surface area contributed by atoms with Gasteiger partial charge in [-0.25, -0.2) is 0 Å². The van der Waals surface area contributed by atoms with Crippen LogP contribution in [0.4, 0.5) is 0 Å². The quantitative estimate of drug-likeness (QED) is 0.730. The SMILES string of the molecule is O=C(NCc1ccccn1)C1CN(C(=O)c2nccc3ccccc23)CC12CCC2. The molecule has 30 heavy (non-hydrogen) atoms. The second-order valence-corrected chi connectivity index (χ2v) is 8.37. The predicted octanol–water partition coefficient (Wildman–Crippen LogP) is 3.19. The highest BCUT2D eigenvalue weighted by Gasteiger charge is 2.54. The van der Waals surface area contributed by atoms with Crippen molar-refractivity contribution in [1.82, 2.24) is 20.2 Å². The third kappa shape index (κ3) is 3.22. The molecule has 1 aliphatic heterocycles. The second kappa shape index (κ2) is 7.52. The molecule has 3 aromatic rings. The molecule has 1 unspecified atom stereocenters. The van der Waals surface area contributed by atoms with E-state index < -0.39 is 0 Å². The average molecular weight is 400 g/mol. The number of nitrogens with one attached hydrogen (secondary N) is 1. The minimum atomic E-state index is -0.186. The third-order valence-electron chi connectivity index (χ3n) is 6.65. The van der Waals surface area contributed by atoms with Crippen molar-refractivity contribution in [2.45, 2.75) is 25.8 Å². The molecule has 1 N–H and O–H groups in total. The molecule has 1 aliphatic carbocycles. The lowest BCUT2D eigenvalue weighted by Crippen LogP contribution is -2.45. The fourth-order valence-corrected chi connectivity index (χ4v) is 4.87. The van der Waals surface area contributed by atoms with Gasteiger partial charge in [0.25, 0.3) is 5.91 Å². The Labute approximate surface area is 175 Å². The molecule has 1 saturated heterocycles. The maximum atomic E-state index is 13.4. The van der Waals surface area contributed by atoms with Gasteiger partial charge in [0.1, 0.15) is 5.69 Å². The predicted molar refractivity (Wildman–Crippen MR) is 114 cm³/mol. The van der Waals surface area contributed by atoms with Crippen LogP contribution in [0.1, 0.15) is 35.4 Å². The number of rotatable bonds is 4. The smallest absolute Gasteiger partial charge is 0.273 e. The summed E-state index contributed by atoms with van der Waals surface area (Å²) >= 11 is 0. The molecule has 0 bridgehead atoms. The van der Waals surface area contributed by atoms with Crippen LogP contribution in [0.25, 0.3) is 10.8 Å². The zero-order valence-corrected chi connectivity index (χ0v) is 16.8. The summed E-state index contributed by atoms with van der Waals surface area (Å²) in [4.78, 5) is 36.9. The molecule has 152 valence electrons. The molecule has 5 rings (SSSR count). The molecule has 2 amide bonds. The second-order valence-electron chi connectivity index (χ2n) is 8.37. The summed E-state index contributed by atoms with van der Waals surface area (Å²) in [6.45, 7) is 1.47. The highest BCUT2D eigenvalue weighted by molar-refractivity contribution is 6.05. The molecule has 2 aromatic heterocycles. The fourth-order valence-electron chi connectivity index (χ4n) is 4.87. The molecular weight excluding hydrogens is 376 g/mol. The van der Waals surface area contributed by atoms with Crippen molar-refractivity contribution >= 4 is 22.6 Å². The summed E-state index contributed by atoms with van der Waals surface area (Å²) in [7, 11) is 0. The topological polar surface area (TPSA) is 75.2 Å². The van der Waals surface area contributed by atoms with Crippen LogP contribution in [0, 0.1) is 11.3 Å². The summed E-state index contributed by atoms with van der Waals surface area (Å²) in [6.07, 6.45) is 6.49. The maximum Gasteiger partial charge on any atom is 0.273 e. The first-order chi connectivity index (χ1) is 14.7. The summed E-state index contributed by atoms with van der Waals surface area (Å²) in [5.41, 5.74) is 1.20. The van der Waals surface area contributed by atoms with E-state index in [0.29, 0.717) is 25.3 Å². The minimum Gasteiger partial charge on any atom is -0.350 e. The minimum absolute atomic E-state index is 0.0153. The summed E-state index contributed by atoms with van der Waals surface area (Å²) in [5, 5.41) is 4.89. The first kappa shape index (κ1) is 18.7. The third-order valence-corrected chi connectivity index (χ3v) is 6.65. The molecule has 6 heteroatoms. The van der Waals surface area contributed by atoms with Crippen LogP contribution in [0.5, 0.6) is 0 Å². The molecule has 1 atom stereocenters. The number of pyridine rings is 2. The molecule has 6 nitrogen and oxygen atoms in total. The Morgan fingerprint density at radius 2 is 1.87 bits per heavy atom. The number of benzene rings is 1. The van der Waals surface area contributed by atoms with Crippen LogP contribution in [0.2, 0.25) is 0 Å². The van der Waals surface area contributed by atoms with Crippen molar-refractivity contribution in [3.63, 3.8) is 0 Å². The van der Waals surface area contributed by atoms with Gasteiger partial charge in [0.2, 0.25) is 5.91 Å². The monoisotopic (exact) mass is 400 g/mol. The van der Waals surface area contributed by atoms with E-state index in [-0.39, 0.29) is 23.1 Å². The van der Waals surface area contributed by atoms with Crippen molar-refractivity contribution in [1.29, 1.82) is 0 Å². The van der Waals surface area contributed by atoms with Crippen molar-refractivity contribution in [2.75, 3.05) is 13.1 Å². The Kier molecular flexibility index (Phi) is 4.69. The van der Waals surface area contributed by atoms with E-state index in [1.54, 1.807) is 12.4 Å². The highest BCUT2D eigenvalue weighted by Crippen LogP contribution is 2.52. The molecule has 1 spiro atoms. The standard InChI is InChI=1S/C24H24N4O2/c29-22(27-14-18-7-3-4-12-25-18)20-15-28(16-24(20)10-5-11-24)23(30)21-19-8-2-1-6-17(19)9-13-26-21/h1-4,6-9,12-13,20H,5,10-11,14-16H2,(H,27,29). The van der Waals surface area contributed by atoms with Crippen LogP contribution in [-0.4, -0.2) is 39.8 Å². The van der Waals surface area contributed by atoms with Gasteiger partial charge >= 0.3 is 0 Å². The summed E-state index contributed by atoms with van der Waals surface area (Å²) in [6, 6.07) is 15.4. The van der Waals surface area contributed by atoms with Gasteiger partial charge in [-0.2, -0.15) is 0 Å². The van der Waals surface area contributed by atoms with E-state index in [0.717, 1.165) is 35.7 Å². The first-order valence-corrected chi connectivity index (χ1v) is 10.5. The van der Waals surface area contributed by atoms with E-state index in [9.17, 15) is 9.59 Å². The van der Waals surface area contributed by atoms with Crippen molar-refractivity contribution in [3.05, 3.63) is 72.3 Å². The van der Waals surface area contributed by atoms with Crippen LogP contribution < -0.4 is 5.32 Å². The van der Waals surface area contributed by atoms with Gasteiger partial charge < -0.3 is 10.2 Å². The van der Waals surface area contributed by atoms with Gasteiger partial charge in [-0.15, -0.1) is 0 Å². The average Bonchev–Trinajstić information content (AvgIpc) is 3.19. The van der Waals surface area contributed by atoms with Crippen LogP contribution in [0.3, 0.4) is 0 Å². The lowest BCUT2D eigenvalue weighted by atomic mass is 9.62. The number of hydrogen-bond donors (Lipinski definition) is 1. The number of fused-ring (bicyclic) bond motifs is 1. The van der Waals surface area contributed by atoms with Crippen LogP contribution in [0.15, 0.2) is 60.9 Å². The summed E-state index contributed by atoms with van der Waals surface area (Å²) < 4.78 is 0. The number of carbonyl (C=O) groups excluding carboxylic acids is 2. The zero-order chi connectivity index (χ0) is 20.6. The number of carbonyl (C=O) groups is 2. The Balaban J connectivity index is 1.35. The van der Waals surface area contributed by atoms with E-state index >= 15 is 0 Å². The number of amides is 2. The Hall–Kier alpha value is -3.28. The molecule has 2 fully saturated rings. The number of nitrogens with zero attached hydrogens (tertiary/aromatic N) is 3. The van der Waals surface area contributed by atoms with Crippen molar-refractivity contribution in [3.8, 4) is 0 Å². The lowest BCUT2D eigenvalue weighted by Gasteiger charge is -2.41. The van der Waals surface area contributed by atoms with Gasteiger partial charge in [-0.3, -0.25) is 19.6 Å². The largest absolute Gasteiger partial charge is 0.350 e. The fraction of sp³-hybridized carbons (Fsp3) is 0.333. The van der Waals surface area contributed by atoms with Crippen LogP contribution in [-0.2, 0) is 11.3 Å². The Morgan fingerprint density at radius 1 is 1.03 bits per heavy atom. The molecule has 0 radical (unpaired) electrons. The van der Waals surface area contributed by atoms with E-state index in [4.69, 9.17) is 0 Å². The zero-order valence-electron chi connectivity index (χ0n) is 16.8. The van der Waals surface area contributed by atoms with Gasteiger partial charge in [-0.1, -0.05) is 36.8 Å². The van der Waals surface area contributed by atoms with E-state index in [2.05, 4.69) is 15.3 Å². The normalized spacial score (nSPS) is 19.6. The van der Waals surface area contributed by atoms with Gasteiger partial charge in [-0.05, 0) is 36.4 Å². The molecule has 2 aliphatic rings. The van der Waals surface area contributed by atoms with Crippen molar-refractivity contribution in [2.24, 2.45) is 11.3 Å². The number of aromatic nitrogens is 2. The lowest BCUT2D eigenvalue weighted by molar-refractivity contribution is -0.129. The van der Waals surface area contributed by atoms with E-state index in [1.807, 2.05) is 53.4 Å². The van der Waals surface area contributed by atoms with Gasteiger partial charge in [0.15, 0.2) is 0 Å². The number of hydrogen-bond acceptors (Lipinski definition) is 4. The Bertz CT molecular complexity index is 1090. The molecule has 1 saturated carbocycles. The first-order valence-electron chi connectivity index (χ1n) is 10.5.